The van der Waals surface area contributed by atoms with Gasteiger partial charge in [0.1, 0.15) is 0 Å². The number of rotatable bonds is 6. The highest BCUT2D eigenvalue weighted by Gasteiger charge is 2.08. The van der Waals surface area contributed by atoms with Gasteiger partial charge in [0.05, 0.1) is 16.8 Å². The largest absolute Gasteiger partial charge is 0.387 e. The lowest BCUT2D eigenvalue weighted by atomic mass is 10.00. The van der Waals surface area contributed by atoms with Crippen molar-refractivity contribution >= 4 is 11.3 Å². The molecule has 1 atom stereocenters. The third kappa shape index (κ3) is 4.13. The predicted molar refractivity (Wildman–Crippen MR) is 84.0 cm³/mol. The summed E-state index contributed by atoms with van der Waals surface area (Å²) in [5.41, 5.74) is 3.29. The van der Waals surface area contributed by atoms with Crippen LogP contribution in [-0.2, 0) is 6.54 Å². The number of thiazole rings is 1. The van der Waals surface area contributed by atoms with Gasteiger partial charge in [-0.3, -0.25) is 0 Å². The first kappa shape index (κ1) is 15.2. The van der Waals surface area contributed by atoms with Gasteiger partial charge in [0.25, 0.3) is 0 Å². The van der Waals surface area contributed by atoms with Crippen molar-refractivity contribution in [3.05, 3.63) is 51.5 Å². The first-order valence-corrected chi connectivity index (χ1v) is 7.84. The van der Waals surface area contributed by atoms with Crippen LogP contribution in [0.1, 0.15) is 47.7 Å². The zero-order valence-corrected chi connectivity index (χ0v) is 13.1. The maximum Gasteiger partial charge on any atom is 0.0914 e. The number of benzene rings is 1. The second-order valence-corrected chi connectivity index (χ2v) is 6.39. The fraction of sp³-hybridized carbons (Fsp3) is 0.438. The fourth-order valence-corrected chi connectivity index (χ4v) is 2.66. The standard InChI is InChI=1S/C16H22N2OS/c1-11(2)13-4-6-14(7-5-13)16(19)9-17-8-15-10-20-12(3)18-15/h4-7,10-11,16-17,19H,8-9H2,1-3H3. The first-order valence-electron chi connectivity index (χ1n) is 6.96. The Morgan fingerprint density at radius 2 is 1.85 bits per heavy atom. The third-order valence-corrected chi connectivity index (χ3v) is 4.12. The smallest absolute Gasteiger partial charge is 0.0914 e. The highest BCUT2D eigenvalue weighted by molar-refractivity contribution is 7.09. The molecule has 0 fully saturated rings. The summed E-state index contributed by atoms with van der Waals surface area (Å²) in [4.78, 5) is 4.39. The Morgan fingerprint density at radius 1 is 1.20 bits per heavy atom. The molecular formula is C16H22N2OS. The van der Waals surface area contributed by atoms with Crippen molar-refractivity contribution in [1.82, 2.24) is 10.3 Å². The molecule has 4 heteroatoms. The fourth-order valence-electron chi connectivity index (χ4n) is 2.05. The second-order valence-electron chi connectivity index (χ2n) is 5.33. The number of aryl methyl sites for hydroxylation is 1. The molecule has 0 radical (unpaired) electrons. The van der Waals surface area contributed by atoms with Crippen LogP contribution in [-0.4, -0.2) is 16.6 Å². The Balaban J connectivity index is 1.83. The SMILES string of the molecule is Cc1nc(CNCC(O)c2ccc(C(C)C)cc2)cs1. The Labute approximate surface area is 124 Å². The average molecular weight is 290 g/mol. The van der Waals surface area contributed by atoms with E-state index < -0.39 is 6.10 Å². The minimum Gasteiger partial charge on any atom is -0.387 e. The van der Waals surface area contributed by atoms with Crippen molar-refractivity contribution < 1.29 is 5.11 Å². The van der Waals surface area contributed by atoms with E-state index in [2.05, 4.69) is 36.3 Å². The lowest BCUT2D eigenvalue weighted by molar-refractivity contribution is 0.174. The van der Waals surface area contributed by atoms with E-state index in [4.69, 9.17) is 0 Å². The van der Waals surface area contributed by atoms with Crippen molar-refractivity contribution in [3.8, 4) is 0 Å². The molecular weight excluding hydrogens is 268 g/mol. The summed E-state index contributed by atoms with van der Waals surface area (Å²) in [6, 6.07) is 8.20. The van der Waals surface area contributed by atoms with Gasteiger partial charge in [0, 0.05) is 18.5 Å². The van der Waals surface area contributed by atoms with Crippen LogP contribution in [0.4, 0.5) is 0 Å². The normalized spacial score (nSPS) is 12.8. The number of aliphatic hydroxyl groups is 1. The van der Waals surface area contributed by atoms with Crippen molar-refractivity contribution in [1.29, 1.82) is 0 Å². The number of aromatic nitrogens is 1. The zero-order valence-electron chi connectivity index (χ0n) is 12.3. The minimum absolute atomic E-state index is 0.476. The van der Waals surface area contributed by atoms with Crippen molar-refractivity contribution in [2.24, 2.45) is 0 Å². The molecule has 0 aliphatic carbocycles. The Morgan fingerprint density at radius 3 is 2.40 bits per heavy atom. The molecule has 1 aromatic carbocycles. The number of hydrogen-bond acceptors (Lipinski definition) is 4. The van der Waals surface area contributed by atoms with E-state index in [0.29, 0.717) is 19.0 Å². The van der Waals surface area contributed by atoms with E-state index in [-0.39, 0.29) is 0 Å². The third-order valence-electron chi connectivity index (χ3n) is 3.30. The zero-order chi connectivity index (χ0) is 14.5. The summed E-state index contributed by atoms with van der Waals surface area (Å²) in [5.74, 6) is 0.521. The lowest BCUT2D eigenvalue weighted by Crippen LogP contribution is -2.21. The van der Waals surface area contributed by atoms with E-state index in [1.165, 1.54) is 5.56 Å². The highest BCUT2D eigenvalue weighted by Crippen LogP contribution is 2.18. The van der Waals surface area contributed by atoms with E-state index in [9.17, 15) is 5.11 Å². The van der Waals surface area contributed by atoms with Crippen LogP contribution in [0.15, 0.2) is 29.6 Å². The van der Waals surface area contributed by atoms with Crippen LogP contribution in [0.5, 0.6) is 0 Å². The van der Waals surface area contributed by atoms with Crippen molar-refractivity contribution in [2.45, 2.75) is 39.3 Å². The van der Waals surface area contributed by atoms with Crippen LogP contribution in [0.3, 0.4) is 0 Å². The highest BCUT2D eigenvalue weighted by atomic mass is 32.1. The summed E-state index contributed by atoms with van der Waals surface area (Å²) in [7, 11) is 0. The molecule has 3 nitrogen and oxygen atoms in total. The molecule has 20 heavy (non-hydrogen) atoms. The minimum atomic E-state index is -0.476. The second kappa shape index (κ2) is 6.97. The van der Waals surface area contributed by atoms with Gasteiger partial charge in [-0.1, -0.05) is 38.1 Å². The van der Waals surface area contributed by atoms with Crippen LogP contribution < -0.4 is 5.32 Å². The number of hydrogen-bond donors (Lipinski definition) is 2. The Hall–Kier alpha value is -1.23. The van der Waals surface area contributed by atoms with Gasteiger partial charge in [0.15, 0.2) is 0 Å². The Bertz CT molecular complexity index is 534. The number of aliphatic hydroxyl groups excluding tert-OH is 1. The molecule has 0 saturated carbocycles. The van der Waals surface area contributed by atoms with Gasteiger partial charge < -0.3 is 10.4 Å². The summed E-state index contributed by atoms with van der Waals surface area (Å²) < 4.78 is 0. The molecule has 2 aromatic rings. The molecule has 2 rings (SSSR count). The quantitative estimate of drug-likeness (QED) is 0.857. The van der Waals surface area contributed by atoms with Gasteiger partial charge in [-0.2, -0.15) is 0 Å². The molecule has 0 spiro atoms. The molecule has 1 heterocycles. The monoisotopic (exact) mass is 290 g/mol. The van der Waals surface area contributed by atoms with Crippen LogP contribution >= 0.6 is 11.3 Å². The molecule has 2 N–H and O–H groups in total. The molecule has 0 aliphatic heterocycles. The maximum absolute atomic E-state index is 10.2. The maximum atomic E-state index is 10.2. The number of nitrogens with zero attached hydrogens (tertiary/aromatic N) is 1. The number of nitrogens with one attached hydrogen (secondary N) is 1. The van der Waals surface area contributed by atoms with Crippen LogP contribution in [0.25, 0.3) is 0 Å². The molecule has 0 saturated heterocycles. The van der Waals surface area contributed by atoms with Gasteiger partial charge in [0.2, 0.25) is 0 Å². The van der Waals surface area contributed by atoms with E-state index in [0.717, 1.165) is 16.3 Å². The van der Waals surface area contributed by atoms with Crippen molar-refractivity contribution in [2.75, 3.05) is 6.54 Å². The van der Waals surface area contributed by atoms with Crippen LogP contribution in [0.2, 0.25) is 0 Å². The predicted octanol–water partition coefficient (Wildman–Crippen LogP) is 3.40. The summed E-state index contributed by atoms with van der Waals surface area (Å²) in [6.07, 6.45) is -0.476. The Kier molecular flexibility index (Phi) is 5.29. The van der Waals surface area contributed by atoms with Gasteiger partial charge in [-0.05, 0) is 24.0 Å². The molecule has 1 unspecified atom stereocenters. The van der Waals surface area contributed by atoms with E-state index >= 15 is 0 Å². The average Bonchev–Trinajstić information content (AvgIpc) is 2.84. The summed E-state index contributed by atoms with van der Waals surface area (Å²) in [5, 5.41) is 16.5. The molecule has 0 bridgehead atoms. The topological polar surface area (TPSA) is 45.2 Å². The molecule has 0 aliphatic rings. The van der Waals surface area contributed by atoms with E-state index in [1.54, 1.807) is 11.3 Å². The molecule has 1 aromatic heterocycles. The summed E-state index contributed by atoms with van der Waals surface area (Å²) >= 11 is 1.65. The van der Waals surface area contributed by atoms with Gasteiger partial charge in [-0.25, -0.2) is 4.98 Å². The van der Waals surface area contributed by atoms with Gasteiger partial charge >= 0.3 is 0 Å². The van der Waals surface area contributed by atoms with E-state index in [1.807, 2.05) is 24.4 Å². The van der Waals surface area contributed by atoms with Crippen LogP contribution in [0, 0.1) is 6.92 Å². The lowest BCUT2D eigenvalue weighted by Gasteiger charge is -2.13. The molecule has 0 amide bonds. The summed E-state index contributed by atoms with van der Waals surface area (Å²) in [6.45, 7) is 7.58. The van der Waals surface area contributed by atoms with Gasteiger partial charge in [-0.15, -0.1) is 11.3 Å². The first-order chi connectivity index (χ1) is 9.56. The molecule has 108 valence electrons. The van der Waals surface area contributed by atoms with Crippen molar-refractivity contribution in [3.63, 3.8) is 0 Å².